The molecule has 0 spiro atoms. The van der Waals surface area contributed by atoms with Crippen molar-refractivity contribution in [3.8, 4) is 6.07 Å². The van der Waals surface area contributed by atoms with Gasteiger partial charge in [0.25, 0.3) is 5.91 Å². The molecule has 3 rings (SSSR count). The van der Waals surface area contributed by atoms with Gasteiger partial charge < -0.3 is 9.88 Å². The number of fused-ring (bicyclic) bond motifs is 1. The van der Waals surface area contributed by atoms with Crippen molar-refractivity contribution < 1.29 is 4.79 Å². The van der Waals surface area contributed by atoms with Crippen LogP contribution in [-0.2, 0) is 7.05 Å². The van der Waals surface area contributed by atoms with E-state index in [1.54, 1.807) is 30.1 Å². The highest BCUT2D eigenvalue weighted by Crippen LogP contribution is 2.30. The van der Waals surface area contributed by atoms with Crippen molar-refractivity contribution in [3.63, 3.8) is 0 Å². The number of H-pyrrole nitrogens is 1. The Bertz CT molecular complexity index is 808. The van der Waals surface area contributed by atoms with E-state index in [2.05, 4.69) is 11.1 Å². The summed E-state index contributed by atoms with van der Waals surface area (Å²) >= 11 is 0. The lowest BCUT2D eigenvalue weighted by Gasteiger charge is -2.21. The summed E-state index contributed by atoms with van der Waals surface area (Å²) < 4.78 is 1.52. The molecule has 1 heterocycles. The van der Waals surface area contributed by atoms with Crippen LogP contribution in [-0.4, -0.2) is 33.4 Å². The van der Waals surface area contributed by atoms with Gasteiger partial charge in [-0.1, -0.05) is 0 Å². The summed E-state index contributed by atoms with van der Waals surface area (Å²) in [5.74, 6) is 0.497. The summed E-state index contributed by atoms with van der Waals surface area (Å²) in [6, 6.07) is 7.33. The van der Waals surface area contributed by atoms with Gasteiger partial charge >= 0.3 is 5.69 Å². The zero-order valence-corrected chi connectivity index (χ0v) is 12.5. The van der Waals surface area contributed by atoms with Gasteiger partial charge in [-0.05, 0) is 37.0 Å². The molecule has 0 radical (unpaired) electrons. The third-order valence-corrected chi connectivity index (χ3v) is 4.11. The lowest BCUT2D eigenvalue weighted by Crippen LogP contribution is -2.33. The summed E-state index contributed by atoms with van der Waals surface area (Å²) in [4.78, 5) is 28.8. The van der Waals surface area contributed by atoms with E-state index in [-0.39, 0.29) is 11.6 Å². The molecule has 1 aromatic carbocycles. The van der Waals surface area contributed by atoms with E-state index in [4.69, 9.17) is 5.26 Å². The Morgan fingerprint density at radius 2 is 2.27 bits per heavy atom. The number of aromatic nitrogens is 2. The molecule has 0 aliphatic heterocycles. The SMILES string of the molecule is Cn1c(=O)[nH]c2cc(C(=O)N(CCC#N)CC3CC3)ccc21. The molecule has 22 heavy (non-hydrogen) atoms. The predicted octanol–water partition coefficient (Wildman–Crippen LogP) is 1.63. The van der Waals surface area contributed by atoms with Crippen LogP contribution >= 0.6 is 0 Å². The summed E-state index contributed by atoms with van der Waals surface area (Å²) in [7, 11) is 1.69. The second-order valence-electron chi connectivity index (χ2n) is 5.82. The molecule has 2 aromatic rings. The minimum atomic E-state index is -0.195. The number of amides is 1. The zero-order chi connectivity index (χ0) is 15.7. The number of nitrogens with one attached hydrogen (secondary N) is 1. The minimum absolute atomic E-state index is 0.0752. The molecule has 6 heteroatoms. The smallest absolute Gasteiger partial charge is 0.326 e. The number of carbonyl (C=O) groups is 1. The van der Waals surface area contributed by atoms with E-state index in [0.717, 1.165) is 18.4 Å². The van der Waals surface area contributed by atoms with Crippen molar-refractivity contribution in [1.82, 2.24) is 14.5 Å². The van der Waals surface area contributed by atoms with Crippen LogP contribution in [0.2, 0.25) is 0 Å². The maximum atomic E-state index is 12.7. The Morgan fingerprint density at radius 1 is 1.50 bits per heavy atom. The molecule has 0 unspecified atom stereocenters. The second kappa shape index (κ2) is 5.68. The largest absolute Gasteiger partial charge is 0.337 e. The first-order chi connectivity index (χ1) is 10.6. The molecular formula is C16H18N4O2. The van der Waals surface area contributed by atoms with E-state index in [1.807, 2.05) is 0 Å². The molecule has 1 aliphatic rings. The Kier molecular flexibility index (Phi) is 3.72. The average molecular weight is 298 g/mol. The van der Waals surface area contributed by atoms with Crippen molar-refractivity contribution in [1.29, 1.82) is 5.26 Å². The number of hydrogen-bond donors (Lipinski definition) is 1. The Morgan fingerprint density at radius 3 is 2.95 bits per heavy atom. The Hall–Kier alpha value is -2.55. The van der Waals surface area contributed by atoms with E-state index >= 15 is 0 Å². The third kappa shape index (κ3) is 2.75. The predicted molar refractivity (Wildman–Crippen MR) is 82.4 cm³/mol. The number of imidazole rings is 1. The summed E-state index contributed by atoms with van der Waals surface area (Å²) in [5, 5.41) is 8.76. The number of carbonyl (C=O) groups excluding carboxylic acids is 1. The van der Waals surface area contributed by atoms with Gasteiger partial charge in [0.2, 0.25) is 0 Å². The fourth-order valence-corrected chi connectivity index (χ4v) is 2.63. The van der Waals surface area contributed by atoms with Gasteiger partial charge in [0.05, 0.1) is 23.5 Å². The molecule has 1 aliphatic carbocycles. The first-order valence-corrected chi connectivity index (χ1v) is 7.45. The van der Waals surface area contributed by atoms with Crippen LogP contribution in [0.25, 0.3) is 11.0 Å². The lowest BCUT2D eigenvalue weighted by atomic mass is 10.1. The normalized spacial score (nSPS) is 14.0. The van der Waals surface area contributed by atoms with E-state index in [0.29, 0.717) is 36.5 Å². The van der Waals surface area contributed by atoms with Gasteiger partial charge in [-0.3, -0.25) is 9.36 Å². The fourth-order valence-electron chi connectivity index (χ4n) is 2.63. The standard InChI is InChI=1S/C16H18N4O2/c1-19-14-6-5-12(9-13(14)18-16(19)22)15(21)20(8-2-7-17)10-11-3-4-11/h5-6,9,11H,2-4,8,10H2,1H3,(H,18,22). The van der Waals surface area contributed by atoms with Crippen LogP contribution in [0.15, 0.2) is 23.0 Å². The molecule has 1 N–H and O–H groups in total. The first-order valence-electron chi connectivity index (χ1n) is 7.45. The number of nitriles is 1. The number of hydrogen-bond acceptors (Lipinski definition) is 3. The zero-order valence-electron chi connectivity index (χ0n) is 12.5. The number of aromatic amines is 1. The molecule has 1 amide bonds. The maximum absolute atomic E-state index is 12.7. The Labute approximate surface area is 128 Å². The number of rotatable bonds is 5. The summed E-state index contributed by atoms with van der Waals surface area (Å²) in [5.41, 5.74) is 1.78. The van der Waals surface area contributed by atoms with Crippen LogP contribution in [0, 0.1) is 17.2 Å². The molecule has 1 fully saturated rings. The number of nitrogens with zero attached hydrogens (tertiary/aromatic N) is 3. The van der Waals surface area contributed by atoms with Crippen LogP contribution in [0.1, 0.15) is 29.6 Å². The van der Waals surface area contributed by atoms with Gasteiger partial charge in [-0.15, -0.1) is 0 Å². The van der Waals surface area contributed by atoms with Crippen molar-refractivity contribution in [2.45, 2.75) is 19.3 Å². The lowest BCUT2D eigenvalue weighted by molar-refractivity contribution is 0.0751. The maximum Gasteiger partial charge on any atom is 0.326 e. The van der Waals surface area contributed by atoms with E-state index in [1.165, 1.54) is 4.57 Å². The van der Waals surface area contributed by atoms with Gasteiger partial charge in [-0.2, -0.15) is 5.26 Å². The fraction of sp³-hybridized carbons (Fsp3) is 0.438. The third-order valence-electron chi connectivity index (χ3n) is 4.11. The van der Waals surface area contributed by atoms with Crippen LogP contribution in [0.3, 0.4) is 0 Å². The first kappa shape index (κ1) is 14.4. The van der Waals surface area contributed by atoms with E-state index < -0.39 is 0 Å². The highest BCUT2D eigenvalue weighted by atomic mass is 16.2. The molecule has 0 atom stereocenters. The average Bonchev–Trinajstić information content (AvgIpc) is 3.29. The molecule has 0 saturated heterocycles. The molecule has 1 aromatic heterocycles. The van der Waals surface area contributed by atoms with Crippen molar-refractivity contribution in [2.24, 2.45) is 13.0 Å². The van der Waals surface area contributed by atoms with Gasteiger partial charge in [-0.25, -0.2) is 4.79 Å². The van der Waals surface area contributed by atoms with Gasteiger partial charge in [0.15, 0.2) is 0 Å². The Balaban J connectivity index is 1.88. The molecule has 1 saturated carbocycles. The second-order valence-corrected chi connectivity index (χ2v) is 5.82. The monoisotopic (exact) mass is 298 g/mol. The topological polar surface area (TPSA) is 81.9 Å². The van der Waals surface area contributed by atoms with Crippen LogP contribution < -0.4 is 5.69 Å². The summed E-state index contributed by atoms with van der Waals surface area (Å²) in [6.45, 7) is 1.17. The minimum Gasteiger partial charge on any atom is -0.337 e. The highest BCUT2D eigenvalue weighted by molar-refractivity contribution is 5.97. The number of benzene rings is 1. The molecule has 0 bridgehead atoms. The highest BCUT2D eigenvalue weighted by Gasteiger charge is 2.27. The van der Waals surface area contributed by atoms with Crippen LogP contribution in [0.5, 0.6) is 0 Å². The van der Waals surface area contributed by atoms with Crippen LogP contribution in [0.4, 0.5) is 0 Å². The quantitative estimate of drug-likeness (QED) is 0.911. The van der Waals surface area contributed by atoms with Gasteiger partial charge in [0.1, 0.15) is 0 Å². The van der Waals surface area contributed by atoms with Gasteiger partial charge in [0, 0.05) is 25.7 Å². The molecular weight excluding hydrogens is 280 g/mol. The molecule has 114 valence electrons. The summed E-state index contributed by atoms with van der Waals surface area (Å²) in [6.07, 6.45) is 2.64. The van der Waals surface area contributed by atoms with Crippen molar-refractivity contribution >= 4 is 16.9 Å². The van der Waals surface area contributed by atoms with E-state index in [9.17, 15) is 9.59 Å². The number of aryl methyl sites for hydroxylation is 1. The van der Waals surface area contributed by atoms with Crippen molar-refractivity contribution in [3.05, 3.63) is 34.2 Å². The van der Waals surface area contributed by atoms with Crippen molar-refractivity contribution in [2.75, 3.05) is 13.1 Å². The molecule has 6 nitrogen and oxygen atoms in total.